The van der Waals surface area contributed by atoms with E-state index in [1.807, 2.05) is 17.0 Å². The second kappa shape index (κ2) is 26.0. The number of benzene rings is 1. The minimum atomic E-state index is -1.31. The molecule has 358 valence electrons. The monoisotopic (exact) mass is 892 g/mol. The number of fused-ring (bicyclic) bond motifs is 2. The molecule has 2 amide bonds. The van der Waals surface area contributed by atoms with Gasteiger partial charge in [-0.3, -0.25) is 4.79 Å². The number of aliphatic hydroxyl groups is 2. The van der Waals surface area contributed by atoms with E-state index in [-0.39, 0.29) is 49.4 Å². The number of oxime groups is 1. The third-order valence-electron chi connectivity index (χ3n) is 14.1. The Balaban J connectivity index is 1.36. The smallest absolute Gasteiger partial charge is 0.412 e. The van der Waals surface area contributed by atoms with Crippen LogP contribution in [0.4, 0.5) is 4.79 Å². The van der Waals surface area contributed by atoms with E-state index in [1.165, 1.54) is 51.4 Å². The fourth-order valence-corrected chi connectivity index (χ4v) is 10.8. The summed E-state index contributed by atoms with van der Waals surface area (Å²) < 4.78 is 26.5. The van der Waals surface area contributed by atoms with Gasteiger partial charge in [-0.2, -0.15) is 0 Å². The highest BCUT2D eigenvalue weighted by Crippen LogP contribution is 2.62. The normalized spacial score (nSPS) is 26.6. The zero-order chi connectivity index (χ0) is 45.2. The molecule has 3 aliphatic carbocycles. The van der Waals surface area contributed by atoms with Crippen LogP contribution in [0.2, 0.25) is 0 Å². The van der Waals surface area contributed by atoms with Gasteiger partial charge in [-0.15, -0.1) is 6.58 Å². The number of unbranched alkanes of at least 4 members (excludes halogenated alkanes) is 11. The van der Waals surface area contributed by atoms with Crippen molar-refractivity contribution >= 4 is 17.7 Å². The van der Waals surface area contributed by atoms with E-state index in [0.29, 0.717) is 50.5 Å². The van der Waals surface area contributed by atoms with Crippen LogP contribution in [0, 0.1) is 23.7 Å². The summed E-state index contributed by atoms with van der Waals surface area (Å²) in [5, 5.41) is 27.8. The Morgan fingerprint density at radius 1 is 0.922 bits per heavy atom. The average Bonchev–Trinajstić information content (AvgIpc) is 4.16. The topological polar surface area (TPSA) is 148 Å². The molecule has 1 saturated heterocycles. The second-order valence-corrected chi connectivity index (χ2v) is 19.0. The second-order valence-electron chi connectivity index (χ2n) is 19.0. The zero-order valence-electron chi connectivity index (χ0n) is 39.3. The third kappa shape index (κ3) is 13.1. The Morgan fingerprint density at radius 2 is 1.66 bits per heavy atom. The van der Waals surface area contributed by atoms with Gasteiger partial charge in [0, 0.05) is 56.5 Å². The Kier molecular flexibility index (Phi) is 20.3. The van der Waals surface area contributed by atoms with Gasteiger partial charge in [0.05, 0.1) is 24.8 Å². The number of ether oxygens (including phenoxy) is 4. The van der Waals surface area contributed by atoms with Crippen molar-refractivity contribution in [2.24, 2.45) is 28.8 Å². The number of hydrogen-bond donors (Lipinski definition) is 3. The molecule has 3 fully saturated rings. The van der Waals surface area contributed by atoms with E-state index in [0.717, 1.165) is 93.9 Å². The maximum absolute atomic E-state index is 14.5. The molecule has 5 aliphatic rings. The first-order chi connectivity index (χ1) is 31.4. The standard InChI is InChI=1S/C52H81N3O9/c1-4-7-8-9-10-11-12-13-14-18-29-53-51(59)62-40-27-28-45-43(36-40)48-41(23-16-20-32-57)39(22-15-19-31-56)35-42-44(54-64-47-24-17-21-34-60-47)37-46(52(63-45,49(42)48)61-33-6-3)55(30-5-2)50(58)38-25-26-38/h6,27-28,35-36,38-39,41,46-49,56-57H,3-5,7-26,29-34,37H2,1-2H3,(H,53,59)/t39-,41+,46-,47?,48+,49+,52+/m0/s1. The van der Waals surface area contributed by atoms with Gasteiger partial charge in [-0.1, -0.05) is 102 Å². The van der Waals surface area contributed by atoms with Crippen molar-refractivity contribution in [3.05, 3.63) is 48.1 Å². The molecule has 12 heteroatoms. The summed E-state index contributed by atoms with van der Waals surface area (Å²) in [6.45, 7) is 10.5. The lowest BCUT2D eigenvalue weighted by Crippen LogP contribution is -2.70. The molecule has 0 spiro atoms. The summed E-state index contributed by atoms with van der Waals surface area (Å²) >= 11 is 0. The lowest BCUT2D eigenvalue weighted by Gasteiger charge is -2.60. The van der Waals surface area contributed by atoms with Crippen LogP contribution in [0.1, 0.15) is 173 Å². The van der Waals surface area contributed by atoms with Gasteiger partial charge in [0.2, 0.25) is 18.0 Å². The van der Waals surface area contributed by atoms with Gasteiger partial charge in [-0.25, -0.2) is 4.79 Å². The highest BCUT2D eigenvalue weighted by molar-refractivity contribution is 6.03. The summed E-state index contributed by atoms with van der Waals surface area (Å²) in [5.41, 5.74) is 2.67. The molecule has 0 aromatic heterocycles. The predicted molar refractivity (Wildman–Crippen MR) is 250 cm³/mol. The zero-order valence-corrected chi connectivity index (χ0v) is 39.3. The Bertz CT molecular complexity index is 1670. The average molecular weight is 892 g/mol. The van der Waals surface area contributed by atoms with Crippen LogP contribution < -0.4 is 14.8 Å². The first kappa shape index (κ1) is 50.0. The first-order valence-electron chi connectivity index (χ1n) is 25.5. The van der Waals surface area contributed by atoms with Crippen molar-refractivity contribution in [3.8, 4) is 11.5 Å². The first-order valence-corrected chi connectivity index (χ1v) is 25.5. The fraction of sp³-hybridized carbons (Fsp3) is 0.750. The number of hydrogen-bond acceptors (Lipinski definition) is 10. The number of carbonyl (C=O) groups excluding carboxylic acids is 2. The fourth-order valence-electron chi connectivity index (χ4n) is 10.8. The molecule has 2 aliphatic heterocycles. The number of nitrogens with zero attached hydrogens (tertiary/aromatic N) is 2. The molecule has 2 saturated carbocycles. The molecule has 1 aromatic carbocycles. The summed E-state index contributed by atoms with van der Waals surface area (Å²) in [6, 6.07) is 5.12. The van der Waals surface area contributed by atoms with E-state index in [1.54, 1.807) is 12.1 Å². The van der Waals surface area contributed by atoms with Gasteiger partial charge in [0.15, 0.2) is 0 Å². The summed E-state index contributed by atoms with van der Waals surface area (Å²) in [4.78, 5) is 36.1. The maximum Gasteiger partial charge on any atom is 0.412 e. The molecule has 12 nitrogen and oxygen atoms in total. The van der Waals surface area contributed by atoms with E-state index < -0.39 is 30.1 Å². The van der Waals surface area contributed by atoms with Crippen LogP contribution in [0.3, 0.4) is 0 Å². The van der Waals surface area contributed by atoms with Crippen molar-refractivity contribution in [1.82, 2.24) is 10.2 Å². The molecule has 1 aromatic rings. The minimum Gasteiger partial charge on any atom is -0.459 e. The van der Waals surface area contributed by atoms with Crippen molar-refractivity contribution < 1.29 is 43.6 Å². The van der Waals surface area contributed by atoms with E-state index in [4.69, 9.17) is 28.9 Å². The molecular weight excluding hydrogens is 811 g/mol. The lowest BCUT2D eigenvalue weighted by atomic mass is 9.55. The van der Waals surface area contributed by atoms with E-state index >= 15 is 0 Å². The van der Waals surface area contributed by atoms with Crippen LogP contribution in [0.15, 0.2) is 47.7 Å². The van der Waals surface area contributed by atoms with Crippen LogP contribution in [-0.2, 0) is 19.1 Å². The largest absolute Gasteiger partial charge is 0.459 e. The highest BCUT2D eigenvalue weighted by atomic mass is 16.8. The highest BCUT2D eigenvalue weighted by Gasteiger charge is 2.66. The van der Waals surface area contributed by atoms with Gasteiger partial charge in [-0.05, 0) is 99.8 Å². The Labute approximate surface area is 383 Å². The third-order valence-corrected chi connectivity index (χ3v) is 14.1. The molecule has 3 N–H and O–H groups in total. The summed E-state index contributed by atoms with van der Waals surface area (Å²) in [6.07, 6.45) is 25.7. The minimum absolute atomic E-state index is 0.0247. The number of carbonyl (C=O) groups is 2. The van der Waals surface area contributed by atoms with Crippen molar-refractivity contribution in [2.75, 3.05) is 39.5 Å². The number of aliphatic hydroxyl groups excluding tert-OH is 2. The number of nitrogens with one attached hydrogen (secondary N) is 1. The van der Waals surface area contributed by atoms with Gasteiger partial charge in [0.1, 0.15) is 17.5 Å². The Morgan fingerprint density at radius 3 is 2.33 bits per heavy atom. The molecule has 7 atom stereocenters. The number of rotatable bonds is 29. The lowest BCUT2D eigenvalue weighted by molar-refractivity contribution is -0.258. The van der Waals surface area contributed by atoms with Crippen LogP contribution in [0.5, 0.6) is 11.5 Å². The molecule has 64 heavy (non-hydrogen) atoms. The van der Waals surface area contributed by atoms with E-state index in [9.17, 15) is 19.8 Å². The molecular formula is C52H81N3O9. The van der Waals surface area contributed by atoms with Crippen molar-refractivity contribution in [2.45, 2.75) is 186 Å². The predicted octanol–water partition coefficient (Wildman–Crippen LogP) is 10.5. The summed E-state index contributed by atoms with van der Waals surface area (Å²) in [7, 11) is 0. The van der Waals surface area contributed by atoms with Gasteiger partial charge in [0.25, 0.3) is 0 Å². The van der Waals surface area contributed by atoms with E-state index in [2.05, 4.69) is 31.8 Å². The SMILES string of the molecule is C=CCO[C@@]12Oc3ccc(OC(=O)NCCCCCCCCCCCC)cc3[C@H]3[C@H](CCCCO)[C@@H](CCCCO)C=C(C(=NOC4CCCCO4)C[C@@H]1N(CCC)C(=O)C1CC1)[C@H]32. The van der Waals surface area contributed by atoms with Crippen LogP contribution >= 0.6 is 0 Å². The molecule has 0 radical (unpaired) electrons. The molecule has 2 heterocycles. The number of amides is 2. The number of allylic oxidation sites excluding steroid dienone is 1. The van der Waals surface area contributed by atoms with Crippen molar-refractivity contribution in [3.63, 3.8) is 0 Å². The molecule has 1 unspecified atom stereocenters. The summed E-state index contributed by atoms with van der Waals surface area (Å²) in [5.74, 6) is -0.621. The Hall–Kier alpha value is -3.45. The quantitative estimate of drug-likeness (QED) is 0.0406. The molecule has 6 rings (SSSR count). The van der Waals surface area contributed by atoms with Gasteiger partial charge >= 0.3 is 6.09 Å². The van der Waals surface area contributed by atoms with Gasteiger partial charge < -0.3 is 44.2 Å². The van der Waals surface area contributed by atoms with Crippen LogP contribution in [0.25, 0.3) is 0 Å². The maximum atomic E-state index is 14.5. The van der Waals surface area contributed by atoms with Crippen LogP contribution in [-0.4, -0.2) is 90.5 Å². The molecule has 0 bridgehead atoms. The van der Waals surface area contributed by atoms with Crippen molar-refractivity contribution in [1.29, 1.82) is 0 Å².